The van der Waals surface area contributed by atoms with E-state index < -0.39 is 0 Å². The number of unbranched alkanes of at least 4 members (excludes halogenated alkanes) is 1. The predicted molar refractivity (Wildman–Crippen MR) is 123 cm³/mol. The van der Waals surface area contributed by atoms with Crippen molar-refractivity contribution in [3.63, 3.8) is 0 Å². The molecule has 1 amide bonds. The standard InChI is InChI=1S/C24H27N3O2S/c1-4-5-14-26-23(29)19-11-7-8-12-20(19)25-24(26)30-17(3)22(28)27-16(2)15-18-10-6-9-13-21(18)27/h6-13,16-17H,4-5,14-15H2,1-3H3. The molecule has 1 aromatic heterocycles. The van der Waals surface area contributed by atoms with Crippen molar-refractivity contribution in [2.45, 2.75) is 63.0 Å². The summed E-state index contributed by atoms with van der Waals surface area (Å²) in [4.78, 5) is 33.1. The van der Waals surface area contributed by atoms with Crippen molar-refractivity contribution >= 4 is 34.3 Å². The van der Waals surface area contributed by atoms with Crippen LogP contribution in [0.1, 0.15) is 39.2 Å². The number of anilines is 1. The van der Waals surface area contributed by atoms with Gasteiger partial charge < -0.3 is 4.90 Å². The second kappa shape index (κ2) is 8.64. The highest BCUT2D eigenvalue weighted by Crippen LogP contribution is 2.34. The van der Waals surface area contributed by atoms with Gasteiger partial charge in [-0.05, 0) is 50.5 Å². The van der Waals surface area contributed by atoms with Gasteiger partial charge in [-0.25, -0.2) is 4.98 Å². The maximum Gasteiger partial charge on any atom is 0.262 e. The van der Waals surface area contributed by atoms with Crippen LogP contribution in [0.25, 0.3) is 10.9 Å². The number of nitrogens with zero attached hydrogens (tertiary/aromatic N) is 3. The molecule has 6 heteroatoms. The molecular formula is C24H27N3O2S. The van der Waals surface area contributed by atoms with Crippen LogP contribution in [0.15, 0.2) is 58.5 Å². The van der Waals surface area contributed by atoms with E-state index in [0.717, 1.165) is 24.9 Å². The van der Waals surface area contributed by atoms with Crippen LogP contribution >= 0.6 is 11.8 Å². The van der Waals surface area contributed by atoms with Gasteiger partial charge in [0.1, 0.15) is 0 Å². The number of rotatable bonds is 6. The van der Waals surface area contributed by atoms with Crippen LogP contribution in [0.4, 0.5) is 5.69 Å². The van der Waals surface area contributed by atoms with Crippen molar-refractivity contribution in [1.82, 2.24) is 9.55 Å². The molecule has 0 saturated carbocycles. The van der Waals surface area contributed by atoms with Gasteiger partial charge in [0.15, 0.2) is 5.16 Å². The highest BCUT2D eigenvalue weighted by atomic mass is 32.2. The number of fused-ring (bicyclic) bond motifs is 2. The summed E-state index contributed by atoms with van der Waals surface area (Å²) in [6.07, 6.45) is 2.75. The van der Waals surface area contributed by atoms with Crippen molar-refractivity contribution < 1.29 is 4.79 Å². The van der Waals surface area contributed by atoms with E-state index in [2.05, 4.69) is 19.9 Å². The van der Waals surface area contributed by atoms with E-state index in [0.29, 0.717) is 22.6 Å². The minimum Gasteiger partial charge on any atom is -0.308 e. The van der Waals surface area contributed by atoms with E-state index in [-0.39, 0.29) is 22.8 Å². The largest absolute Gasteiger partial charge is 0.308 e. The Hall–Kier alpha value is -2.60. The number of thioether (sulfide) groups is 1. The van der Waals surface area contributed by atoms with Crippen LogP contribution in [0.5, 0.6) is 0 Å². The first-order valence-electron chi connectivity index (χ1n) is 10.6. The monoisotopic (exact) mass is 421 g/mol. The quantitative estimate of drug-likeness (QED) is 0.429. The summed E-state index contributed by atoms with van der Waals surface area (Å²) in [6.45, 7) is 6.71. The van der Waals surface area contributed by atoms with Crippen molar-refractivity contribution in [3.05, 3.63) is 64.4 Å². The maximum atomic E-state index is 13.4. The number of carbonyl (C=O) groups excluding carboxylic acids is 1. The number of aromatic nitrogens is 2. The number of para-hydroxylation sites is 2. The second-order valence-corrected chi connectivity index (χ2v) is 9.18. The van der Waals surface area contributed by atoms with E-state index in [1.165, 1.54) is 17.3 Å². The van der Waals surface area contributed by atoms with Gasteiger partial charge in [0.05, 0.1) is 16.2 Å². The molecule has 0 fully saturated rings. The Morgan fingerprint density at radius 2 is 1.93 bits per heavy atom. The Kier molecular flexibility index (Phi) is 5.95. The molecule has 0 saturated heterocycles. The van der Waals surface area contributed by atoms with Gasteiger partial charge in [-0.1, -0.05) is 55.4 Å². The number of hydrogen-bond acceptors (Lipinski definition) is 4. The normalized spacial score (nSPS) is 16.6. The predicted octanol–water partition coefficient (Wildman–Crippen LogP) is 4.66. The lowest BCUT2D eigenvalue weighted by molar-refractivity contribution is -0.118. The van der Waals surface area contributed by atoms with Crippen LogP contribution in [-0.4, -0.2) is 26.8 Å². The van der Waals surface area contributed by atoms with Crippen LogP contribution in [0.3, 0.4) is 0 Å². The third-order valence-electron chi connectivity index (χ3n) is 5.64. The fourth-order valence-electron chi connectivity index (χ4n) is 4.06. The van der Waals surface area contributed by atoms with Crippen LogP contribution < -0.4 is 10.5 Å². The first-order chi connectivity index (χ1) is 14.5. The molecule has 2 heterocycles. The summed E-state index contributed by atoms with van der Waals surface area (Å²) in [5, 5.41) is 0.895. The highest BCUT2D eigenvalue weighted by molar-refractivity contribution is 8.00. The molecule has 0 radical (unpaired) electrons. The van der Waals surface area contributed by atoms with Crippen LogP contribution in [-0.2, 0) is 17.8 Å². The summed E-state index contributed by atoms with van der Waals surface area (Å²) < 4.78 is 1.74. The summed E-state index contributed by atoms with van der Waals surface area (Å²) in [5.41, 5.74) is 2.85. The fourth-order valence-corrected chi connectivity index (χ4v) is 5.04. The average molecular weight is 422 g/mol. The molecule has 0 spiro atoms. The fraction of sp³-hybridized carbons (Fsp3) is 0.375. The molecule has 30 heavy (non-hydrogen) atoms. The first-order valence-corrected chi connectivity index (χ1v) is 11.5. The average Bonchev–Trinajstić information content (AvgIpc) is 3.08. The molecule has 2 unspecified atom stereocenters. The number of amides is 1. The van der Waals surface area contributed by atoms with Crippen molar-refractivity contribution in [3.8, 4) is 0 Å². The Balaban J connectivity index is 1.66. The highest BCUT2D eigenvalue weighted by Gasteiger charge is 2.34. The molecule has 5 nitrogen and oxygen atoms in total. The molecular weight excluding hydrogens is 394 g/mol. The molecule has 156 valence electrons. The molecule has 0 aliphatic carbocycles. The van der Waals surface area contributed by atoms with Crippen molar-refractivity contribution in [2.24, 2.45) is 0 Å². The van der Waals surface area contributed by atoms with Gasteiger partial charge in [-0.2, -0.15) is 0 Å². The van der Waals surface area contributed by atoms with E-state index in [9.17, 15) is 9.59 Å². The molecule has 2 atom stereocenters. The van der Waals surface area contributed by atoms with E-state index in [1.807, 2.05) is 54.3 Å². The third-order valence-corrected chi connectivity index (χ3v) is 6.71. The van der Waals surface area contributed by atoms with Gasteiger partial charge in [0.2, 0.25) is 5.91 Å². The van der Waals surface area contributed by atoms with Crippen molar-refractivity contribution in [2.75, 3.05) is 4.90 Å². The summed E-state index contributed by atoms with van der Waals surface area (Å²) >= 11 is 1.38. The van der Waals surface area contributed by atoms with Crippen LogP contribution in [0, 0.1) is 0 Å². The summed E-state index contributed by atoms with van der Waals surface area (Å²) in [5.74, 6) is 0.0573. The zero-order valence-corrected chi connectivity index (χ0v) is 18.5. The van der Waals surface area contributed by atoms with Gasteiger partial charge in [0.25, 0.3) is 5.56 Å². The van der Waals surface area contributed by atoms with Gasteiger partial charge in [-0.3, -0.25) is 14.2 Å². The Morgan fingerprint density at radius 3 is 2.73 bits per heavy atom. The Bertz CT molecular complexity index is 1140. The lowest BCUT2D eigenvalue weighted by Crippen LogP contribution is -2.40. The second-order valence-electron chi connectivity index (χ2n) is 7.87. The van der Waals surface area contributed by atoms with Gasteiger partial charge in [-0.15, -0.1) is 0 Å². The SMILES string of the molecule is CCCCn1c(SC(C)C(=O)N2c3ccccc3CC2C)nc2ccccc2c1=O. The summed E-state index contributed by atoms with van der Waals surface area (Å²) in [6, 6.07) is 15.6. The molecule has 1 aliphatic heterocycles. The zero-order valence-electron chi connectivity index (χ0n) is 17.7. The smallest absolute Gasteiger partial charge is 0.262 e. The number of hydrogen-bond donors (Lipinski definition) is 0. The number of benzene rings is 2. The van der Waals surface area contributed by atoms with E-state index >= 15 is 0 Å². The minimum atomic E-state index is -0.348. The van der Waals surface area contributed by atoms with Crippen LogP contribution in [0.2, 0.25) is 0 Å². The third kappa shape index (κ3) is 3.76. The van der Waals surface area contributed by atoms with Gasteiger partial charge >= 0.3 is 0 Å². The Morgan fingerprint density at radius 1 is 1.20 bits per heavy atom. The molecule has 2 aromatic carbocycles. The topological polar surface area (TPSA) is 55.2 Å². The molecule has 1 aliphatic rings. The van der Waals surface area contributed by atoms with Gasteiger partial charge in [0, 0.05) is 18.3 Å². The maximum absolute atomic E-state index is 13.4. The summed E-state index contributed by atoms with van der Waals surface area (Å²) in [7, 11) is 0. The molecule has 3 aromatic rings. The molecule has 4 rings (SSSR count). The first kappa shape index (κ1) is 20.7. The Labute approximate surface area is 181 Å². The van der Waals surface area contributed by atoms with Crippen molar-refractivity contribution in [1.29, 1.82) is 0 Å². The number of carbonyl (C=O) groups is 1. The zero-order chi connectivity index (χ0) is 21.3. The van der Waals surface area contributed by atoms with E-state index in [4.69, 9.17) is 4.98 Å². The minimum absolute atomic E-state index is 0.0314. The molecule has 0 N–H and O–H groups in total. The lowest BCUT2D eigenvalue weighted by atomic mass is 10.1. The lowest BCUT2D eigenvalue weighted by Gasteiger charge is -2.26. The van der Waals surface area contributed by atoms with E-state index in [1.54, 1.807) is 4.57 Å². The molecule has 0 bridgehead atoms.